The van der Waals surface area contributed by atoms with Gasteiger partial charge in [-0.3, -0.25) is 4.79 Å². The number of rotatable bonds is 17. The van der Waals surface area contributed by atoms with E-state index in [9.17, 15) is 4.79 Å². The molecule has 0 atom stereocenters. The van der Waals surface area contributed by atoms with Gasteiger partial charge >= 0.3 is 5.97 Å². The van der Waals surface area contributed by atoms with Crippen LogP contribution in [0.1, 0.15) is 104 Å². The summed E-state index contributed by atoms with van der Waals surface area (Å²) in [6, 6.07) is 0. The Morgan fingerprint density at radius 1 is 0.704 bits per heavy atom. The van der Waals surface area contributed by atoms with Crippen molar-refractivity contribution in [1.29, 1.82) is 0 Å². The molecule has 0 spiro atoms. The molecule has 0 rings (SSSR count). The van der Waals surface area contributed by atoms with E-state index in [2.05, 4.69) is 6.92 Å². The number of hydrogen-bond acceptors (Lipinski definition) is 5. The standard InChI is InChI=1S/C16H32O2.C6H14O3/c1-3-5-6-7-8-9-10-11-12-13-14-15-18-16(17)4-2;1-2-6(3-7,4-8)5-9/h3-15H2,1-2H3;7-9H,2-5H2,1H3. The van der Waals surface area contributed by atoms with Crippen LogP contribution in [0.2, 0.25) is 0 Å². The van der Waals surface area contributed by atoms with E-state index in [0.717, 1.165) is 6.42 Å². The molecule has 27 heavy (non-hydrogen) atoms. The van der Waals surface area contributed by atoms with Crippen LogP contribution in [-0.2, 0) is 9.53 Å². The first-order valence-electron chi connectivity index (χ1n) is 11.0. The van der Waals surface area contributed by atoms with Crippen molar-refractivity contribution < 1.29 is 24.9 Å². The van der Waals surface area contributed by atoms with Crippen molar-refractivity contribution in [3.05, 3.63) is 0 Å². The molecule has 0 saturated heterocycles. The Labute approximate surface area is 167 Å². The van der Waals surface area contributed by atoms with Gasteiger partial charge in [0, 0.05) is 11.8 Å². The zero-order chi connectivity index (χ0) is 20.8. The van der Waals surface area contributed by atoms with E-state index in [4.69, 9.17) is 20.1 Å². The summed E-state index contributed by atoms with van der Waals surface area (Å²) in [4.78, 5) is 10.9. The fourth-order valence-corrected chi connectivity index (χ4v) is 2.54. The van der Waals surface area contributed by atoms with Gasteiger partial charge in [-0.05, 0) is 12.8 Å². The van der Waals surface area contributed by atoms with Crippen molar-refractivity contribution in [2.45, 2.75) is 104 Å². The van der Waals surface area contributed by atoms with E-state index in [0.29, 0.717) is 19.4 Å². The molecular weight excluding hydrogens is 344 g/mol. The quantitative estimate of drug-likeness (QED) is 0.249. The van der Waals surface area contributed by atoms with Crippen LogP contribution >= 0.6 is 0 Å². The van der Waals surface area contributed by atoms with Gasteiger partial charge in [-0.25, -0.2) is 0 Å². The molecule has 3 N–H and O–H groups in total. The Kier molecular flexibility index (Phi) is 22.9. The number of carbonyl (C=O) groups excluding carboxylic acids is 1. The molecule has 0 aliphatic heterocycles. The number of ether oxygens (including phenoxy) is 1. The summed E-state index contributed by atoms with van der Waals surface area (Å²) in [5, 5.41) is 26.0. The van der Waals surface area contributed by atoms with Crippen LogP contribution in [0, 0.1) is 5.41 Å². The first kappa shape index (κ1) is 28.6. The van der Waals surface area contributed by atoms with E-state index < -0.39 is 5.41 Å². The average Bonchev–Trinajstić information content (AvgIpc) is 2.71. The van der Waals surface area contributed by atoms with Crippen molar-refractivity contribution in [3.8, 4) is 0 Å². The highest BCUT2D eigenvalue weighted by Gasteiger charge is 2.24. The van der Waals surface area contributed by atoms with E-state index in [1.165, 1.54) is 64.2 Å². The molecule has 0 amide bonds. The number of aliphatic hydroxyl groups is 3. The molecule has 0 aromatic rings. The topological polar surface area (TPSA) is 87.0 Å². The average molecular weight is 391 g/mol. The summed E-state index contributed by atoms with van der Waals surface area (Å²) < 4.78 is 5.03. The summed E-state index contributed by atoms with van der Waals surface area (Å²) in [5.41, 5.74) is -0.667. The van der Waals surface area contributed by atoms with Crippen molar-refractivity contribution in [3.63, 3.8) is 0 Å². The maximum absolute atomic E-state index is 10.9. The molecule has 0 aromatic heterocycles. The summed E-state index contributed by atoms with van der Waals surface area (Å²) in [7, 11) is 0. The number of aliphatic hydroxyl groups excluding tert-OH is 3. The molecule has 0 bridgehead atoms. The van der Waals surface area contributed by atoms with Crippen LogP contribution in [0.3, 0.4) is 0 Å². The minimum Gasteiger partial charge on any atom is -0.466 e. The van der Waals surface area contributed by atoms with Gasteiger partial charge in [-0.15, -0.1) is 0 Å². The largest absolute Gasteiger partial charge is 0.466 e. The predicted octanol–water partition coefficient (Wildman–Crippen LogP) is 4.61. The third-order valence-electron chi connectivity index (χ3n) is 5.06. The number of carbonyl (C=O) groups is 1. The monoisotopic (exact) mass is 390 g/mol. The third kappa shape index (κ3) is 18.5. The molecular formula is C22H46O5. The maximum atomic E-state index is 10.9. The first-order chi connectivity index (χ1) is 13.1. The van der Waals surface area contributed by atoms with E-state index in [1.807, 2.05) is 13.8 Å². The lowest BCUT2D eigenvalue weighted by molar-refractivity contribution is -0.143. The SMILES string of the molecule is CCC(CO)(CO)CO.CCCCCCCCCCCCCOC(=O)CC. The summed E-state index contributed by atoms with van der Waals surface area (Å²) in [5.74, 6) is -0.0675. The van der Waals surface area contributed by atoms with Gasteiger partial charge in [0.25, 0.3) is 0 Å². The molecule has 5 nitrogen and oxygen atoms in total. The first-order valence-corrected chi connectivity index (χ1v) is 11.0. The molecule has 0 radical (unpaired) electrons. The normalized spacial score (nSPS) is 11.0. The number of unbranched alkanes of at least 4 members (excludes halogenated alkanes) is 10. The van der Waals surface area contributed by atoms with Crippen LogP contribution in [-0.4, -0.2) is 47.7 Å². The molecule has 0 unspecified atom stereocenters. The van der Waals surface area contributed by atoms with E-state index >= 15 is 0 Å². The zero-order valence-electron chi connectivity index (χ0n) is 18.2. The van der Waals surface area contributed by atoms with Crippen LogP contribution in [0.25, 0.3) is 0 Å². The van der Waals surface area contributed by atoms with Gasteiger partial charge in [0.05, 0.1) is 26.4 Å². The second-order valence-corrected chi connectivity index (χ2v) is 7.44. The van der Waals surface area contributed by atoms with Gasteiger partial charge in [0.1, 0.15) is 0 Å². The molecule has 0 fully saturated rings. The Hall–Kier alpha value is -0.650. The fourth-order valence-electron chi connectivity index (χ4n) is 2.54. The highest BCUT2D eigenvalue weighted by Crippen LogP contribution is 2.18. The van der Waals surface area contributed by atoms with Crippen molar-refractivity contribution >= 4 is 5.97 Å². The molecule has 164 valence electrons. The molecule has 0 saturated carbocycles. The Morgan fingerprint density at radius 3 is 1.41 bits per heavy atom. The molecule has 0 heterocycles. The van der Waals surface area contributed by atoms with Gasteiger partial charge in [-0.1, -0.05) is 85.0 Å². The predicted molar refractivity (Wildman–Crippen MR) is 112 cm³/mol. The van der Waals surface area contributed by atoms with Gasteiger partial charge in [-0.2, -0.15) is 0 Å². The van der Waals surface area contributed by atoms with E-state index in [1.54, 1.807) is 0 Å². The smallest absolute Gasteiger partial charge is 0.305 e. The summed E-state index contributed by atoms with van der Waals surface area (Å²) >= 11 is 0. The number of esters is 1. The minimum absolute atomic E-state index is 0.0675. The lowest BCUT2D eigenvalue weighted by atomic mass is 9.88. The zero-order valence-corrected chi connectivity index (χ0v) is 18.2. The van der Waals surface area contributed by atoms with Crippen LogP contribution in [0.4, 0.5) is 0 Å². The van der Waals surface area contributed by atoms with Gasteiger partial charge in [0.15, 0.2) is 0 Å². The second-order valence-electron chi connectivity index (χ2n) is 7.44. The Morgan fingerprint density at radius 2 is 1.11 bits per heavy atom. The third-order valence-corrected chi connectivity index (χ3v) is 5.06. The van der Waals surface area contributed by atoms with Crippen LogP contribution in [0.5, 0.6) is 0 Å². The van der Waals surface area contributed by atoms with Crippen LogP contribution < -0.4 is 0 Å². The van der Waals surface area contributed by atoms with Gasteiger partial charge in [0.2, 0.25) is 0 Å². The summed E-state index contributed by atoms with van der Waals surface area (Å²) in [6.07, 6.45) is 15.7. The second kappa shape index (κ2) is 21.6. The minimum atomic E-state index is -0.667. The fraction of sp³-hybridized carbons (Fsp3) is 0.955. The molecule has 0 aliphatic carbocycles. The molecule has 0 aliphatic rings. The molecule has 5 heteroatoms. The highest BCUT2D eigenvalue weighted by atomic mass is 16.5. The maximum Gasteiger partial charge on any atom is 0.305 e. The summed E-state index contributed by atoms with van der Waals surface area (Å²) in [6.45, 7) is 6.07. The Balaban J connectivity index is 0. The van der Waals surface area contributed by atoms with Crippen molar-refractivity contribution in [2.75, 3.05) is 26.4 Å². The highest BCUT2D eigenvalue weighted by molar-refractivity contribution is 5.68. The van der Waals surface area contributed by atoms with Gasteiger partial charge < -0.3 is 20.1 Å². The Bertz CT molecular complexity index is 286. The lowest BCUT2D eigenvalue weighted by Gasteiger charge is -2.24. The molecule has 0 aromatic carbocycles. The number of hydrogen-bond donors (Lipinski definition) is 3. The van der Waals surface area contributed by atoms with Crippen LogP contribution in [0.15, 0.2) is 0 Å². The van der Waals surface area contributed by atoms with Crippen molar-refractivity contribution in [2.24, 2.45) is 5.41 Å². The lowest BCUT2D eigenvalue weighted by Crippen LogP contribution is -2.32. The van der Waals surface area contributed by atoms with Crippen molar-refractivity contribution in [1.82, 2.24) is 0 Å². The van der Waals surface area contributed by atoms with E-state index in [-0.39, 0.29) is 25.8 Å².